The first-order valence-electron chi connectivity index (χ1n) is 5.44. The van der Waals surface area contributed by atoms with Crippen molar-refractivity contribution in [2.45, 2.75) is 0 Å². The Balaban J connectivity index is 2.44. The van der Waals surface area contributed by atoms with E-state index in [1.165, 1.54) is 24.3 Å². The Morgan fingerprint density at radius 1 is 1.33 bits per heavy atom. The number of hydrogen-bond acceptors (Lipinski definition) is 4. The predicted octanol–water partition coefficient (Wildman–Crippen LogP) is 4.81. The molecule has 0 heterocycles. The van der Waals surface area contributed by atoms with Crippen LogP contribution in [0.1, 0.15) is 5.56 Å². The minimum Gasteiger partial charge on any atom is -0.452 e. The fraction of sp³-hybridized carbons (Fsp3) is 0. The third-order valence-electron chi connectivity index (χ3n) is 2.51. The van der Waals surface area contributed by atoms with Gasteiger partial charge in [-0.25, -0.2) is 4.39 Å². The number of nitro benzene ring substituents is 1. The molecule has 0 aliphatic rings. The van der Waals surface area contributed by atoms with Crippen LogP contribution in [0, 0.1) is 27.3 Å². The lowest BCUT2D eigenvalue weighted by atomic mass is 10.2. The number of halogens is 3. The molecule has 106 valence electrons. The molecule has 0 saturated carbocycles. The molecule has 2 aromatic carbocycles. The SMILES string of the molecule is N#Cc1ccc(Oc2cc([N+](=O)[O-])ccc2Cl)c(F)c1Br. The van der Waals surface area contributed by atoms with Crippen LogP contribution in [0.4, 0.5) is 10.1 Å². The van der Waals surface area contributed by atoms with E-state index in [4.69, 9.17) is 21.6 Å². The molecule has 0 amide bonds. The highest BCUT2D eigenvalue weighted by Crippen LogP contribution is 2.36. The number of non-ortho nitro benzene ring substituents is 1. The Morgan fingerprint density at radius 3 is 2.67 bits per heavy atom. The summed E-state index contributed by atoms with van der Waals surface area (Å²) in [7, 11) is 0. The van der Waals surface area contributed by atoms with Gasteiger partial charge in [-0.2, -0.15) is 5.26 Å². The number of hydrogen-bond donors (Lipinski definition) is 0. The van der Waals surface area contributed by atoms with Gasteiger partial charge in [0.25, 0.3) is 5.69 Å². The molecule has 0 unspecified atom stereocenters. The van der Waals surface area contributed by atoms with E-state index in [0.29, 0.717) is 0 Å². The second-order valence-electron chi connectivity index (χ2n) is 3.82. The monoisotopic (exact) mass is 370 g/mol. The molecule has 2 rings (SSSR count). The summed E-state index contributed by atoms with van der Waals surface area (Å²) in [6.45, 7) is 0. The van der Waals surface area contributed by atoms with Gasteiger partial charge < -0.3 is 4.74 Å². The van der Waals surface area contributed by atoms with Gasteiger partial charge >= 0.3 is 0 Å². The van der Waals surface area contributed by atoms with Crippen LogP contribution < -0.4 is 4.74 Å². The van der Waals surface area contributed by atoms with E-state index in [2.05, 4.69) is 15.9 Å². The maximum absolute atomic E-state index is 14.0. The van der Waals surface area contributed by atoms with Crippen molar-refractivity contribution < 1.29 is 14.1 Å². The Bertz CT molecular complexity index is 777. The van der Waals surface area contributed by atoms with Gasteiger partial charge in [-0.15, -0.1) is 0 Å². The van der Waals surface area contributed by atoms with Crippen LogP contribution in [0.15, 0.2) is 34.8 Å². The second kappa shape index (κ2) is 6.08. The van der Waals surface area contributed by atoms with E-state index in [9.17, 15) is 14.5 Å². The summed E-state index contributed by atoms with van der Waals surface area (Å²) in [5.41, 5.74) is -0.132. The van der Waals surface area contributed by atoms with Crippen molar-refractivity contribution >= 4 is 33.2 Å². The van der Waals surface area contributed by atoms with Gasteiger partial charge in [-0.3, -0.25) is 10.1 Å². The highest BCUT2D eigenvalue weighted by Gasteiger charge is 2.16. The molecule has 0 saturated heterocycles. The van der Waals surface area contributed by atoms with Gasteiger partial charge in [0.15, 0.2) is 17.3 Å². The van der Waals surface area contributed by atoms with Crippen LogP contribution in [0.5, 0.6) is 11.5 Å². The molecule has 2 aromatic rings. The molecule has 0 aliphatic carbocycles. The minimum absolute atomic E-state index is 0.0518. The van der Waals surface area contributed by atoms with Crippen molar-refractivity contribution in [2.24, 2.45) is 0 Å². The third kappa shape index (κ3) is 3.12. The molecule has 5 nitrogen and oxygen atoms in total. The number of rotatable bonds is 3. The van der Waals surface area contributed by atoms with Gasteiger partial charge in [0.1, 0.15) is 6.07 Å². The quantitative estimate of drug-likeness (QED) is 0.573. The first-order valence-corrected chi connectivity index (χ1v) is 6.61. The average molecular weight is 372 g/mol. The van der Waals surface area contributed by atoms with E-state index in [1.54, 1.807) is 6.07 Å². The second-order valence-corrected chi connectivity index (χ2v) is 5.03. The van der Waals surface area contributed by atoms with E-state index in [0.717, 1.165) is 6.07 Å². The molecule has 0 aromatic heterocycles. The molecule has 0 spiro atoms. The van der Waals surface area contributed by atoms with Crippen LogP contribution >= 0.6 is 27.5 Å². The fourth-order valence-electron chi connectivity index (χ4n) is 1.50. The molecular weight excluding hydrogens is 367 g/mol. The summed E-state index contributed by atoms with van der Waals surface area (Å²) in [6.07, 6.45) is 0. The molecule has 0 fully saturated rings. The Hall–Kier alpha value is -2.17. The van der Waals surface area contributed by atoms with E-state index < -0.39 is 10.7 Å². The van der Waals surface area contributed by atoms with Gasteiger partial charge in [-0.05, 0) is 34.1 Å². The Labute approximate surface area is 131 Å². The fourth-order valence-corrected chi connectivity index (χ4v) is 2.07. The van der Waals surface area contributed by atoms with Crippen molar-refractivity contribution in [3.63, 3.8) is 0 Å². The van der Waals surface area contributed by atoms with E-state index >= 15 is 0 Å². The van der Waals surface area contributed by atoms with Crippen molar-refractivity contribution in [3.8, 4) is 17.6 Å². The number of benzene rings is 2. The van der Waals surface area contributed by atoms with Crippen LogP contribution in [0.25, 0.3) is 0 Å². The molecule has 0 radical (unpaired) electrons. The van der Waals surface area contributed by atoms with Crippen molar-refractivity contribution in [3.05, 3.63) is 61.3 Å². The summed E-state index contributed by atoms with van der Waals surface area (Å²) in [4.78, 5) is 10.1. The number of nitriles is 1. The van der Waals surface area contributed by atoms with E-state index in [1.807, 2.05) is 0 Å². The molecule has 21 heavy (non-hydrogen) atoms. The zero-order valence-electron chi connectivity index (χ0n) is 10.1. The lowest BCUT2D eigenvalue weighted by Gasteiger charge is -2.09. The van der Waals surface area contributed by atoms with Gasteiger partial charge in [0.05, 0.1) is 26.0 Å². The lowest BCUT2D eigenvalue weighted by Crippen LogP contribution is -1.94. The lowest BCUT2D eigenvalue weighted by molar-refractivity contribution is -0.384. The first-order chi connectivity index (χ1) is 9.93. The van der Waals surface area contributed by atoms with Crippen LogP contribution in [-0.2, 0) is 0 Å². The normalized spacial score (nSPS) is 10.0. The number of nitro groups is 1. The van der Waals surface area contributed by atoms with Crippen LogP contribution in [-0.4, -0.2) is 4.92 Å². The maximum Gasteiger partial charge on any atom is 0.273 e. The van der Waals surface area contributed by atoms with Crippen LogP contribution in [0.2, 0.25) is 5.02 Å². The molecule has 0 atom stereocenters. The standard InChI is InChI=1S/C13H5BrClFN2O3/c14-12-7(6-17)1-4-10(13(12)16)21-11-5-8(18(19)20)2-3-9(11)15/h1-5H. The molecule has 0 N–H and O–H groups in total. The topological polar surface area (TPSA) is 76.2 Å². The summed E-state index contributed by atoms with van der Waals surface area (Å²) >= 11 is 8.81. The van der Waals surface area contributed by atoms with Crippen molar-refractivity contribution in [2.75, 3.05) is 0 Å². The maximum atomic E-state index is 14.0. The molecule has 0 bridgehead atoms. The zero-order valence-corrected chi connectivity index (χ0v) is 12.5. The van der Waals surface area contributed by atoms with Gasteiger partial charge in [-0.1, -0.05) is 11.6 Å². The van der Waals surface area contributed by atoms with Crippen molar-refractivity contribution in [1.29, 1.82) is 5.26 Å². The average Bonchev–Trinajstić information content (AvgIpc) is 2.46. The zero-order chi connectivity index (χ0) is 15.6. The largest absolute Gasteiger partial charge is 0.452 e. The smallest absolute Gasteiger partial charge is 0.273 e. The summed E-state index contributed by atoms with van der Waals surface area (Å²) < 4.78 is 19.2. The van der Waals surface area contributed by atoms with Gasteiger partial charge in [0, 0.05) is 6.07 Å². The Morgan fingerprint density at radius 2 is 2.05 bits per heavy atom. The summed E-state index contributed by atoms with van der Waals surface area (Å²) in [5.74, 6) is -1.05. The Kier molecular flexibility index (Phi) is 4.40. The predicted molar refractivity (Wildman–Crippen MR) is 77.0 cm³/mol. The van der Waals surface area contributed by atoms with E-state index in [-0.39, 0.29) is 32.2 Å². The molecular formula is C13H5BrClFN2O3. The number of ether oxygens (including phenoxy) is 1. The first kappa shape index (κ1) is 15.2. The summed E-state index contributed by atoms with van der Waals surface area (Å²) in [5, 5.41) is 19.6. The molecule has 0 aliphatic heterocycles. The van der Waals surface area contributed by atoms with Crippen LogP contribution in [0.3, 0.4) is 0 Å². The highest BCUT2D eigenvalue weighted by molar-refractivity contribution is 9.10. The summed E-state index contributed by atoms with van der Waals surface area (Å²) in [6, 6.07) is 7.99. The third-order valence-corrected chi connectivity index (χ3v) is 3.60. The van der Waals surface area contributed by atoms with Gasteiger partial charge in [0.2, 0.25) is 0 Å². The molecule has 8 heteroatoms. The van der Waals surface area contributed by atoms with Crippen molar-refractivity contribution in [1.82, 2.24) is 0 Å². The highest BCUT2D eigenvalue weighted by atomic mass is 79.9. The minimum atomic E-state index is -0.795. The number of nitrogens with zero attached hydrogens (tertiary/aromatic N) is 2.